The summed E-state index contributed by atoms with van der Waals surface area (Å²) in [5, 5.41) is 2.67. The van der Waals surface area contributed by atoms with Crippen molar-refractivity contribution >= 4 is 26.5 Å². The third-order valence-electron chi connectivity index (χ3n) is 5.18. The Labute approximate surface area is 187 Å². The molecule has 0 radical (unpaired) electrons. The normalized spacial score (nSPS) is 15.7. The lowest BCUT2D eigenvalue weighted by atomic mass is 10.1. The van der Waals surface area contributed by atoms with E-state index in [0.29, 0.717) is 24.9 Å². The predicted molar refractivity (Wildman–Crippen MR) is 117 cm³/mol. The zero-order chi connectivity index (χ0) is 22.9. The van der Waals surface area contributed by atoms with Crippen molar-refractivity contribution in [3.05, 3.63) is 59.5 Å². The SMILES string of the molecule is COc1ccccc1-c1csc(N2CCN(S(=O)(=O)c3cccc(C(F)(F)F)c3)CC2)n1. The summed E-state index contributed by atoms with van der Waals surface area (Å²) in [5.41, 5.74) is 0.647. The van der Waals surface area contributed by atoms with Crippen molar-refractivity contribution in [2.24, 2.45) is 0 Å². The number of hydrogen-bond acceptors (Lipinski definition) is 6. The predicted octanol–water partition coefficient (Wildman–Crippen LogP) is 4.35. The smallest absolute Gasteiger partial charge is 0.416 e. The van der Waals surface area contributed by atoms with Crippen LogP contribution in [0, 0.1) is 0 Å². The molecule has 1 aromatic heterocycles. The molecule has 0 amide bonds. The summed E-state index contributed by atoms with van der Waals surface area (Å²) in [4.78, 5) is 6.29. The maximum Gasteiger partial charge on any atom is 0.416 e. The Kier molecular flexibility index (Phi) is 6.15. The van der Waals surface area contributed by atoms with Gasteiger partial charge in [0.2, 0.25) is 10.0 Å². The van der Waals surface area contributed by atoms with Crippen LogP contribution in [0.3, 0.4) is 0 Å². The molecule has 0 saturated carbocycles. The van der Waals surface area contributed by atoms with E-state index < -0.39 is 21.8 Å². The molecule has 0 bridgehead atoms. The second-order valence-corrected chi connectivity index (χ2v) is 9.91. The molecule has 0 unspecified atom stereocenters. The van der Waals surface area contributed by atoms with E-state index >= 15 is 0 Å². The molecule has 1 saturated heterocycles. The van der Waals surface area contributed by atoms with Crippen LogP contribution in [0.1, 0.15) is 5.56 Å². The summed E-state index contributed by atoms with van der Waals surface area (Å²) in [5.74, 6) is 0.710. The molecule has 1 aliphatic heterocycles. The van der Waals surface area contributed by atoms with Gasteiger partial charge in [0.1, 0.15) is 5.75 Å². The number of aromatic nitrogens is 1. The lowest BCUT2D eigenvalue weighted by molar-refractivity contribution is -0.137. The summed E-state index contributed by atoms with van der Waals surface area (Å²) in [6, 6.07) is 11.4. The highest BCUT2D eigenvalue weighted by molar-refractivity contribution is 7.89. The average Bonchev–Trinajstić information content (AvgIpc) is 3.29. The van der Waals surface area contributed by atoms with Crippen molar-refractivity contribution in [1.29, 1.82) is 0 Å². The quantitative estimate of drug-likeness (QED) is 0.540. The molecular formula is C21H20F3N3O3S2. The van der Waals surface area contributed by atoms with Gasteiger partial charge < -0.3 is 9.64 Å². The number of benzene rings is 2. The molecule has 1 fully saturated rings. The molecular weight excluding hydrogens is 463 g/mol. The first-order valence-corrected chi connectivity index (χ1v) is 12.0. The van der Waals surface area contributed by atoms with Gasteiger partial charge in [0, 0.05) is 37.1 Å². The molecule has 0 N–H and O–H groups in total. The molecule has 2 heterocycles. The number of anilines is 1. The average molecular weight is 484 g/mol. The van der Waals surface area contributed by atoms with E-state index in [1.165, 1.54) is 21.7 Å². The van der Waals surface area contributed by atoms with Crippen molar-refractivity contribution in [1.82, 2.24) is 9.29 Å². The standard InChI is InChI=1S/C21H20F3N3O3S2/c1-30-19-8-3-2-7-17(19)18-14-31-20(25-18)26-9-11-27(12-10-26)32(28,29)16-6-4-5-15(13-16)21(22,23)24/h2-8,13-14H,9-12H2,1H3. The van der Waals surface area contributed by atoms with Gasteiger partial charge in [-0.3, -0.25) is 0 Å². The Morgan fingerprint density at radius 1 is 1.03 bits per heavy atom. The van der Waals surface area contributed by atoms with E-state index in [-0.39, 0.29) is 18.0 Å². The molecule has 6 nitrogen and oxygen atoms in total. The van der Waals surface area contributed by atoms with Gasteiger partial charge in [-0.25, -0.2) is 13.4 Å². The van der Waals surface area contributed by atoms with Gasteiger partial charge in [-0.15, -0.1) is 11.3 Å². The van der Waals surface area contributed by atoms with Gasteiger partial charge in [-0.1, -0.05) is 18.2 Å². The third-order valence-corrected chi connectivity index (χ3v) is 7.98. The monoisotopic (exact) mass is 483 g/mol. The Hall–Kier alpha value is -2.63. The van der Waals surface area contributed by atoms with Gasteiger partial charge in [0.15, 0.2) is 5.13 Å². The molecule has 2 aromatic carbocycles. The molecule has 0 atom stereocenters. The highest BCUT2D eigenvalue weighted by Crippen LogP contribution is 2.34. The number of thiazole rings is 1. The fourth-order valence-electron chi connectivity index (χ4n) is 3.49. The number of hydrogen-bond donors (Lipinski definition) is 0. The first-order valence-electron chi connectivity index (χ1n) is 9.71. The van der Waals surface area contributed by atoms with Crippen LogP contribution in [0.5, 0.6) is 5.75 Å². The molecule has 3 aromatic rings. The van der Waals surface area contributed by atoms with Crippen molar-refractivity contribution in [3.63, 3.8) is 0 Å². The number of rotatable bonds is 5. The molecule has 32 heavy (non-hydrogen) atoms. The Balaban J connectivity index is 1.47. The van der Waals surface area contributed by atoms with E-state index in [1.54, 1.807) is 7.11 Å². The Morgan fingerprint density at radius 3 is 2.44 bits per heavy atom. The number of sulfonamides is 1. The first kappa shape index (κ1) is 22.6. The summed E-state index contributed by atoms with van der Waals surface area (Å²) in [6.45, 7) is 1.08. The van der Waals surface area contributed by atoms with Gasteiger partial charge in [0.05, 0.1) is 23.3 Å². The number of methoxy groups -OCH3 is 1. The Morgan fingerprint density at radius 2 is 1.75 bits per heavy atom. The van der Waals surface area contributed by atoms with Crippen LogP contribution in [0.15, 0.2) is 58.8 Å². The summed E-state index contributed by atoms with van der Waals surface area (Å²) >= 11 is 1.45. The zero-order valence-electron chi connectivity index (χ0n) is 17.0. The van der Waals surface area contributed by atoms with Crippen molar-refractivity contribution in [2.45, 2.75) is 11.1 Å². The van der Waals surface area contributed by atoms with Crippen LogP contribution in [0.2, 0.25) is 0 Å². The second-order valence-electron chi connectivity index (χ2n) is 7.13. The van der Waals surface area contributed by atoms with E-state index in [9.17, 15) is 21.6 Å². The Bertz CT molecular complexity index is 1200. The first-order chi connectivity index (χ1) is 15.2. The van der Waals surface area contributed by atoms with Crippen molar-refractivity contribution < 1.29 is 26.3 Å². The van der Waals surface area contributed by atoms with E-state index in [1.807, 2.05) is 34.5 Å². The molecule has 0 spiro atoms. The summed E-state index contributed by atoms with van der Waals surface area (Å²) < 4.78 is 71.3. The lowest BCUT2D eigenvalue weighted by Gasteiger charge is -2.33. The zero-order valence-corrected chi connectivity index (χ0v) is 18.7. The van der Waals surface area contributed by atoms with Gasteiger partial charge in [0.25, 0.3) is 0 Å². The number of alkyl halides is 3. The maximum absolute atomic E-state index is 13.0. The minimum Gasteiger partial charge on any atom is -0.496 e. The number of halogens is 3. The number of nitrogens with zero attached hydrogens (tertiary/aromatic N) is 3. The second kappa shape index (κ2) is 8.72. The van der Waals surface area contributed by atoms with Crippen LogP contribution < -0.4 is 9.64 Å². The van der Waals surface area contributed by atoms with Gasteiger partial charge >= 0.3 is 6.18 Å². The van der Waals surface area contributed by atoms with Crippen molar-refractivity contribution in [3.8, 4) is 17.0 Å². The van der Waals surface area contributed by atoms with E-state index in [4.69, 9.17) is 4.74 Å². The molecule has 11 heteroatoms. The van der Waals surface area contributed by atoms with Crippen molar-refractivity contribution in [2.75, 3.05) is 38.2 Å². The number of piperazine rings is 1. The fourth-order valence-corrected chi connectivity index (χ4v) is 5.84. The van der Waals surface area contributed by atoms with Gasteiger partial charge in [-0.05, 0) is 30.3 Å². The van der Waals surface area contributed by atoms with Crippen LogP contribution in [0.25, 0.3) is 11.3 Å². The highest BCUT2D eigenvalue weighted by atomic mass is 32.2. The van der Waals surface area contributed by atoms with Crippen LogP contribution in [0.4, 0.5) is 18.3 Å². The van der Waals surface area contributed by atoms with Crippen LogP contribution in [-0.4, -0.2) is 51.0 Å². The van der Waals surface area contributed by atoms with E-state index in [2.05, 4.69) is 4.98 Å². The topological polar surface area (TPSA) is 62.7 Å². The fraction of sp³-hybridized carbons (Fsp3) is 0.286. The molecule has 0 aliphatic carbocycles. The highest BCUT2D eigenvalue weighted by Gasteiger charge is 2.34. The maximum atomic E-state index is 13.0. The van der Waals surface area contributed by atoms with Crippen LogP contribution >= 0.6 is 11.3 Å². The minimum atomic E-state index is -4.60. The number of para-hydroxylation sites is 1. The number of ether oxygens (including phenoxy) is 1. The lowest BCUT2D eigenvalue weighted by Crippen LogP contribution is -2.48. The van der Waals surface area contributed by atoms with E-state index in [0.717, 1.165) is 28.5 Å². The minimum absolute atomic E-state index is 0.155. The summed E-state index contributed by atoms with van der Waals surface area (Å²) in [7, 11) is -2.43. The molecule has 170 valence electrons. The molecule has 4 rings (SSSR count). The third kappa shape index (κ3) is 4.45. The van der Waals surface area contributed by atoms with Gasteiger partial charge in [-0.2, -0.15) is 17.5 Å². The van der Waals surface area contributed by atoms with Crippen LogP contribution in [-0.2, 0) is 16.2 Å². The summed E-state index contributed by atoms with van der Waals surface area (Å²) in [6.07, 6.45) is -4.60. The molecule has 1 aliphatic rings. The largest absolute Gasteiger partial charge is 0.496 e.